The van der Waals surface area contributed by atoms with Crippen LogP contribution >= 0.6 is 0 Å². The largest absolute Gasteiger partial charge is 0.491 e. The zero-order valence-electron chi connectivity index (χ0n) is 24.8. The highest BCUT2D eigenvalue weighted by Crippen LogP contribution is 2.49. The molecule has 4 heteroatoms. The van der Waals surface area contributed by atoms with Crippen molar-refractivity contribution in [2.45, 2.75) is 110 Å². The molecule has 2 aromatic rings. The van der Waals surface area contributed by atoms with E-state index in [0.29, 0.717) is 0 Å². The van der Waals surface area contributed by atoms with E-state index < -0.39 is 11.6 Å². The number of halogens is 2. The van der Waals surface area contributed by atoms with Gasteiger partial charge in [-0.15, -0.1) is 0 Å². The first kappa shape index (κ1) is 29.4. The van der Waals surface area contributed by atoms with Crippen LogP contribution in [-0.2, 0) is 13.0 Å². The Bertz CT molecular complexity index is 1060. The molecule has 5 rings (SSSR count). The van der Waals surface area contributed by atoms with E-state index in [2.05, 4.69) is 19.1 Å². The van der Waals surface area contributed by atoms with Gasteiger partial charge in [0.05, 0.1) is 6.61 Å². The highest BCUT2D eigenvalue weighted by molar-refractivity contribution is 5.35. The van der Waals surface area contributed by atoms with Crippen LogP contribution in [0.3, 0.4) is 0 Å². The van der Waals surface area contributed by atoms with Crippen LogP contribution in [0, 0.1) is 47.1 Å². The molecule has 0 bridgehead atoms. The lowest BCUT2D eigenvalue weighted by Crippen LogP contribution is -2.34. The molecular formula is C36H50F2O2. The third-order valence-corrected chi connectivity index (χ3v) is 10.6. The number of hydrogen-bond donors (Lipinski definition) is 0. The lowest BCUT2D eigenvalue weighted by Gasteiger charge is -2.45. The maximum Gasteiger partial charge on any atom is 0.204 e. The normalized spacial score (nSPS) is 28.6. The number of hydrogen-bond acceptors (Lipinski definition) is 2. The van der Waals surface area contributed by atoms with Gasteiger partial charge in [0.2, 0.25) is 11.6 Å². The number of ether oxygens (including phenoxy) is 2. The van der Waals surface area contributed by atoms with Crippen LogP contribution in [0.5, 0.6) is 11.5 Å². The van der Waals surface area contributed by atoms with Crippen LogP contribution in [0.1, 0.15) is 108 Å². The van der Waals surface area contributed by atoms with E-state index in [4.69, 9.17) is 9.47 Å². The minimum absolute atomic E-state index is 0.0854. The Hall–Kier alpha value is -2.10. The van der Waals surface area contributed by atoms with Crippen molar-refractivity contribution in [2.75, 3.05) is 6.61 Å². The highest BCUT2D eigenvalue weighted by atomic mass is 19.2. The van der Waals surface area contributed by atoms with Crippen molar-refractivity contribution in [3.05, 3.63) is 59.2 Å². The lowest BCUT2D eigenvalue weighted by molar-refractivity contribution is 0.0581. The summed E-state index contributed by atoms with van der Waals surface area (Å²) in [6, 6.07) is 11.3. The van der Waals surface area contributed by atoms with Crippen molar-refractivity contribution < 1.29 is 18.3 Å². The van der Waals surface area contributed by atoms with Crippen molar-refractivity contribution in [3.8, 4) is 11.5 Å². The predicted octanol–water partition coefficient (Wildman–Crippen LogP) is 10.3. The van der Waals surface area contributed by atoms with Gasteiger partial charge in [-0.05, 0) is 123 Å². The molecule has 3 aliphatic rings. The monoisotopic (exact) mass is 552 g/mol. The smallest absolute Gasteiger partial charge is 0.204 e. The standard InChI is InChI=1S/C36H50F2O2/c1-3-5-25-12-15-29(16-13-25)31-19-18-30-22-27(14-17-32(30)23-31)9-6-26-7-10-28(11-8-26)24-40-34-21-20-33(39-4-2)35(37)36(34)38/h7-8,10-11,20-21,25,27,29-32H,3-6,9,12-19,22-24H2,1-2H3. The maximum absolute atomic E-state index is 14.3. The molecule has 0 aliphatic heterocycles. The van der Waals surface area contributed by atoms with Crippen LogP contribution in [0.2, 0.25) is 0 Å². The first-order valence-corrected chi connectivity index (χ1v) is 16.3. The molecule has 0 heterocycles. The summed E-state index contributed by atoms with van der Waals surface area (Å²) in [5.74, 6) is 3.73. The van der Waals surface area contributed by atoms with Crippen molar-refractivity contribution in [1.29, 1.82) is 0 Å². The van der Waals surface area contributed by atoms with Crippen LogP contribution in [0.25, 0.3) is 0 Å². The molecule has 2 nitrogen and oxygen atoms in total. The van der Waals surface area contributed by atoms with Crippen molar-refractivity contribution >= 4 is 0 Å². The molecule has 4 atom stereocenters. The van der Waals surface area contributed by atoms with Gasteiger partial charge in [-0.2, -0.15) is 8.78 Å². The molecule has 0 saturated heterocycles. The maximum atomic E-state index is 14.3. The van der Waals surface area contributed by atoms with E-state index in [0.717, 1.165) is 47.5 Å². The molecule has 0 radical (unpaired) electrons. The Morgan fingerprint density at radius 2 is 1.15 bits per heavy atom. The molecule has 2 aromatic carbocycles. The van der Waals surface area contributed by atoms with E-state index in [1.54, 1.807) is 6.92 Å². The van der Waals surface area contributed by atoms with E-state index in [1.165, 1.54) is 101 Å². The number of aryl methyl sites for hydroxylation is 1. The van der Waals surface area contributed by atoms with Crippen molar-refractivity contribution in [2.24, 2.45) is 35.5 Å². The van der Waals surface area contributed by atoms with E-state index >= 15 is 0 Å². The van der Waals surface area contributed by atoms with Gasteiger partial charge in [0.1, 0.15) is 6.61 Å². The number of rotatable bonds is 11. The van der Waals surface area contributed by atoms with E-state index in [9.17, 15) is 8.78 Å². The van der Waals surface area contributed by atoms with Gasteiger partial charge in [-0.3, -0.25) is 0 Å². The Labute approximate surface area is 241 Å². The molecule has 220 valence electrons. The molecule has 4 unspecified atom stereocenters. The lowest BCUT2D eigenvalue weighted by atomic mass is 9.60. The second-order valence-electron chi connectivity index (χ2n) is 13.1. The average Bonchev–Trinajstić information content (AvgIpc) is 2.99. The summed E-state index contributed by atoms with van der Waals surface area (Å²) in [4.78, 5) is 0. The Balaban J connectivity index is 1.03. The molecule has 3 aliphatic carbocycles. The van der Waals surface area contributed by atoms with Crippen molar-refractivity contribution in [1.82, 2.24) is 0 Å². The Kier molecular flexibility index (Phi) is 10.4. The zero-order chi connectivity index (χ0) is 27.9. The first-order valence-electron chi connectivity index (χ1n) is 16.3. The molecule has 0 spiro atoms. The second kappa shape index (κ2) is 14.2. The summed E-state index contributed by atoms with van der Waals surface area (Å²) in [5, 5.41) is 0. The topological polar surface area (TPSA) is 18.5 Å². The quantitative estimate of drug-likeness (QED) is 0.276. The third kappa shape index (κ3) is 7.39. The van der Waals surface area contributed by atoms with Gasteiger partial charge in [0, 0.05) is 0 Å². The van der Waals surface area contributed by atoms with Crippen LogP contribution < -0.4 is 9.47 Å². The molecular weight excluding hydrogens is 502 g/mol. The van der Waals surface area contributed by atoms with Crippen molar-refractivity contribution in [3.63, 3.8) is 0 Å². The Morgan fingerprint density at radius 1 is 0.600 bits per heavy atom. The van der Waals surface area contributed by atoms with Gasteiger partial charge in [0.25, 0.3) is 0 Å². The number of benzene rings is 2. The van der Waals surface area contributed by atoms with Crippen LogP contribution in [0.4, 0.5) is 8.78 Å². The minimum Gasteiger partial charge on any atom is -0.491 e. The average molecular weight is 553 g/mol. The first-order chi connectivity index (χ1) is 19.5. The number of fused-ring (bicyclic) bond motifs is 1. The summed E-state index contributed by atoms with van der Waals surface area (Å²) in [6.45, 7) is 4.57. The summed E-state index contributed by atoms with van der Waals surface area (Å²) >= 11 is 0. The van der Waals surface area contributed by atoms with Gasteiger partial charge in [-0.1, -0.05) is 63.3 Å². The van der Waals surface area contributed by atoms with Gasteiger partial charge >= 0.3 is 0 Å². The summed E-state index contributed by atoms with van der Waals surface area (Å²) < 4.78 is 39.1. The molecule has 40 heavy (non-hydrogen) atoms. The second-order valence-corrected chi connectivity index (χ2v) is 13.1. The summed E-state index contributed by atoms with van der Waals surface area (Å²) in [7, 11) is 0. The SMILES string of the molecule is CCCC1CCC(C2CCC3CC(CCc4ccc(COc5ccc(OCC)c(F)c5F)cc4)CCC3C2)CC1. The predicted molar refractivity (Wildman–Crippen MR) is 159 cm³/mol. The third-order valence-electron chi connectivity index (χ3n) is 10.6. The van der Waals surface area contributed by atoms with Gasteiger partial charge in [-0.25, -0.2) is 0 Å². The molecule has 0 N–H and O–H groups in total. The minimum atomic E-state index is -1.000. The highest BCUT2D eigenvalue weighted by Gasteiger charge is 2.38. The summed E-state index contributed by atoms with van der Waals surface area (Å²) in [5.41, 5.74) is 2.31. The molecule has 3 saturated carbocycles. The fraction of sp³-hybridized carbons (Fsp3) is 0.667. The molecule has 0 aromatic heterocycles. The fourth-order valence-electron chi connectivity index (χ4n) is 8.30. The zero-order valence-corrected chi connectivity index (χ0v) is 24.8. The fourth-order valence-corrected chi connectivity index (χ4v) is 8.30. The van der Waals surface area contributed by atoms with Crippen LogP contribution in [0.15, 0.2) is 36.4 Å². The Morgan fingerprint density at radius 3 is 1.82 bits per heavy atom. The van der Waals surface area contributed by atoms with E-state index in [1.807, 2.05) is 12.1 Å². The van der Waals surface area contributed by atoms with E-state index in [-0.39, 0.29) is 24.7 Å². The molecule has 0 amide bonds. The van der Waals surface area contributed by atoms with Gasteiger partial charge < -0.3 is 9.47 Å². The molecule has 3 fully saturated rings. The van der Waals surface area contributed by atoms with Crippen LogP contribution in [-0.4, -0.2) is 6.61 Å². The van der Waals surface area contributed by atoms with Gasteiger partial charge in [0.15, 0.2) is 11.5 Å². The summed E-state index contributed by atoms with van der Waals surface area (Å²) in [6.07, 6.45) is 20.0.